The number of hydrogen-bond donors (Lipinski definition) is 0. The van der Waals surface area contributed by atoms with E-state index in [-0.39, 0.29) is 0 Å². The molecule has 26 heteroatoms. The standard InChI is InChI=1S/C8F17O6S3/c9-2(10,3(11,12)13)8(24,25)34(28)29-1(32(26)30-6(20,21)4(14,15)16)33(27)31-7(22,23)5(17,18)19/q-1. The Morgan fingerprint density at radius 2 is 0.794 bits per heavy atom. The molecule has 0 aliphatic rings. The van der Waals surface area contributed by atoms with Gasteiger partial charge in [-0.2, -0.15) is 74.6 Å². The predicted octanol–water partition coefficient (Wildman–Crippen LogP) is 4.57. The average Bonchev–Trinajstić information content (AvgIpc) is 2.54. The minimum absolute atomic E-state index is 2.22. The SMILES string of the molecule is O=S(OC(F)(F)C(F)(F)F)[C-](OS(=O)C(F)(F)C(F)(F)C(F)(F)F)S(=O)OC(F)(F)C(F)(F)F. The quantitative estimate of drug-likeness (QED) is 0.266. The van der Waals surface area contributed by atoms with Crippen molar-refractivity contribution < 1.29 is 99.8 Å². The van der Waals surface area contributed by atoms with Crippen molar-refractivity contribution in [2.45, 2.75) is 41.9 Å². The van der Waals surface area contributed by atoms with Gasteiger partial charge in [0.1, 0.15) is 0 Å². The molecule has 6 nitrogen and oxygen atoms in total. The van der Waals surface area contributed by atoms with Crippen LogP contribution in [0.25, 0.3) is 0 Å². The predicted molar refractivity (Wildman–Crippen MR) is 68.9 cm³/mol. The lowest BCUT2D eigenvalue weighted by Crippen LogP contribution is -2.54. The summed E-state index contributed by atoms with van der Waals surface area (Å²) in [5.74, 6) is -7.45. The van der Waals surface area contributed by atoms with Gasteiger partial charge in [0.25, 0.3) is 0 Å². The van der Waals surface area contributed by atoms with E-state index in [0.29, 0.717) is 0 Å². The number of halogens is 17. The summed E-state index contributed by atoms with van der Waals surface area (Å²) in [4.78, 5) is 0. The zero-order valence-corrected chi connectivity index (χ0v) is 16.5. The molecule has 0 aromatic carbocycles. The van der Waals surface area contributed by atoms with Gasteiger partial charge in [-0.05, 0) is 0 Å². The molecule has 0 radical (unpaired) electrons. The molecule has 0 fully saturated rings. The van der Waals surface area contributed by atoms with Gasteiger partial charge in [0, 0.05) is 26.9 Å². The van der Waals surface area contributed by atoms with E-state index in [2.05, 4.69) is 12.5 Å². The third kappa shape index (κ3) is 7.10. The summed E-state index contributed by atoms with van der Waals surface area (Å²) in [7, 11) is 0. The fourth-order valence-corrected chi connectivity index (χ4v) is 3.57. The highest BCUT2D eigenvalue weighted by Gasteiger charge is 2.76. The van der Waals surface area contributed by atoms with Crippen molar-refractivity contribution in [1.29, 1.82) is 0 Å². The van der Waals surface area contributed by atoms with Gasteiger partial charge < -0.3 is 4.18 Å². The van der Waals surface area contributed by atoms with Crippen molar-refractivity contribution in [3.05, 3.63) is 4.77 Å². The third-order valence-electron chi connectivity index (χ3n) is 2.37. The maximum Gasteiger partial charge on any atom is 0.483 e. The Hall–Kier alpha value is -0.860. The molecule has 0 spiro atoms. The molecule has 0 aliphatic heterocycles. The molecule has 34 heavy (non-hydrogen) atoms. The topological polar surface area (TPSA) is 78.9 Å². The lowest BCUT2D eigenvalue weighted by molar-refractivity contribution is -0.359. The van der Waals surface area contributed by atoms with Crippen LogP contribution in [0.4, 0.5) is 74.6 Å². The maximum absolute atomic E-state index is 13.2. The lowest BCUT2D eigenvalue weighted by atomic mass is 10.3. The lowest BCUT2D eigenvalue weighted by Gasteiger charge is -2.34. The second-order valence-electron chi connectivity index (χ2n) is 4.82. The van der Waals surface area contributed by atoms with E-state index < -0.39 is 79.9 Å². The molecule has 0 aromatic rings. The monoisotopic (exact) mass is 611 g/mol. The maximum atomic E-state index is 13.2. The zero-order chi connectivity index (χ0) is 27.9. The molecule has 0 saturated carbocycles. The molecule has 3 atom stereocenters. The normalized spacial score (nSPS) is 18.2. The van der Waals surface area contributed by atoms with E-state index in [1.54, 1.807) is 0 Å². The summed E-state index contributed by atoms with van der Waals surface area (Å²) >= 11 is -16.5. The Kier molecular flexibility index (Phi) is 9.64. The van der Waals surface area contributed by atoms with Crippen LogP contribution in [-0.2, 0) is 45.8 Å². The van der Waals surface area contributed by atoms with Gasteiger partial charge in [-0.25, -0.2) is 12.6 Å². The highest BCUT2D eigenvalue weighted by Crippen LogP contribution is 2.49. The van der Waals surface area contributed by atoms with Crippen LogP contribution < -0.4 is 0 Å². The van der Waals surface area contributed by atoms with Gasteiger partial charge in [-0.1, -0.05) is 0 Å². The van der Waals surface area contributed by atoms with Crippen LogP contribution in [0.1, 0.15) is 0 Å². The molecular formula is C8F17O6S3-. The van der Waals surface area contributed by atoms with Gasteiger partial charge in [0.05, 0.1) is 0 Å². The first-order valence-electron chi connectivity index (χ1n) is 6.44. The van der Waals surface area contributed by atoms with E-state index >= 15 is 0 Å². The van der Waals surface area contributed by atoms with Crippen molar-refractivity contribution in [3.63, 3.8) is 0 Å². The zero-order valence-electron chi connectivity index (χ0n) is 14.1. The fraction of sp³-hybridized carbons (Fsp3) is 0.875. The first-order chi connectivity index (χ1) is 14.5. The highest BCUT2D eigenvalue weighted by atomic mass is 32.3. The Bertz CT molecular complexity index is 761. The van der Waals surface area contributed by atoms with Crippen LogP contribution in [0.2, 0.25) is 0 Å². The Labute approximate surface area is 180 Å². The Balaban J connectivity index is 6.31. The van der Waals surface area contributed by atoms with Gasteiger partial charge >= 0.3 is 41.9 Å². The summed E-state index contributed by atoms with van der Waals surface area (Å²) in [6, 6.07) is 0. The molecular weight excluding hydrogens is 611 g/mol. The third-order valence-corrected chi connectivity index (χ3v) is 5.82. The van der Waals surface area contributed by atoms with Gasteiger partial charge in [0.15, 0.2) is 0 Å². The molecule has 0 rings (SSSR count). The minimum atomic E-state index is -7.45. The van der Waals surface area contributed by atoms with Crippen LogP contribution in [0, 0.1) is 4.77 Å². The molecule has 0 aliphatic carbocycles. The molecule has 0 amide bonds. The second kappa shape index (κ2) is 9.89. The van der Waals surface area contributed by atoms with Crippen molar-refractivity contribution in [2.24, 2.45) is 0 Å². The summed E-state index contributed by atoms with van der Waals surface area (Å²) in [6.45, 7) is 0. The fourth-order valence-electron chi connectivity index (χ4n) is 0.848. The average molecular weight is 611 g/mol. The van der Waals surface area contributed by atoms with E-state index in [4.69, 9.17) is 0 Å². The van der Waals surface area contributed by atoms with E-state index in [0.717, 1.165) is 0 Å². The number of alkyl halides is 17. The Morgan fingerprint density at radius 1 is 0.500 bits per heavy atom. The van der Waals surface area contributed by atoms with Gasteiger partial charge in [0.2, 0.25) is 11.1 Å². The largest absolute Gasteiger partial charge is 0.483 e. The molecule has 0 N–H and O–H groups in total. The summed E-state index contributed by atoms with van der Waals surface area (Å²) in [6.07, 6.45) is -34.8. The van der Waals surface area contributed by atoms with Crippen molar-refractivity contribution in [3.8, 4) is 0 Å². The van der Waals surface area contributed by atoms with Crippen molar-refractivity contribution in [2.75, 3.05) is 0 Å². The Morgan fingerprint density at radius 3 is 1.03 bits per heavy atom. The molecule has 206 valence electrons. The molecule has 0 bridgehead atoms. The van der Waals surface area contributed by atoms with Crippen LogP contribution in [-0.4, -0.2) is 54.5 Å². The van der Waals surface area contributed by atoms with Crippen molar-refractivity contribution >= 4 is 33.2 Å². The summed E-state index contributed by atoms with van der Waals surface area (Å²) in [5, 5.41) is -7.16. The van der Waals surface area contributed by atoms with Crippen molar-refractivity contribution in [1.82, 2.24) is 0 Å². The number of rotatable bonds is 10. The second-order valence-corrected chi connectivity index (χ2v) is 8.24. The minimum Gasteiger partial charge on any atom is -0.428 e. The summed E-state index contributed by atoms with van der Waals surface area (Å²) in [5.41, 5.74) is 0. The smallest absolute Gasteiger partial charge is 0.428 e. The number of hydrogen-bond acceptors (Lipinski definition) is 6. The highest BCUT2D eigenvalue weighted by molar-refractivity contribution is 8.03. The van der Waals surface area contributed by atoms with Gasteiger partial charge in [-0.15, -0.1) is 0 Å². The molecule has 0 saturated heterocycles. The van der Waals surface area contributed by atoms with Gasteiger partial charge in [-0.3, -0.25) is 8.42 Å². The first kappa shape index (κ1) is 33.1. The summed E-state index contributed by atoms with van der Waals surface area (Å²) < 4.78 is 248. The molecule has 0 heterocycles. The first-order valence-corrected chi connectivity index (χ1v) is 9.66. The van der Waals surface area contributed by atoms with E-state index in [1.807, 2.05) is 0 Å². The molecule has 0 aromatic heterocycles. The van der Waals surface area contributed by atoms with E-state index in [1.165, 1.54) is 0 Å². The van der Waals surface area contributed by atoms with Crippen LogP contribution in [0.15, 0.2) is 0 Å². The van der Waals surface area contributed by atoms with E-state index in [9.17, 15) is 87.3 Å². The van der Waals surface area contributed by atoms with Crippen LogP contribution in [0.5, 0.6) is 0 Å². The molecule has 3 unspecified atom stereocenters. The van der Waals surface area contributed by atoms with Crippen LogP contribution in [0.3, 0.4) is 0 Å². The van der Waals surface area contributed by atoms with Crippen LogP contribution >= 0.6 is 0 Å².